The Labute approximate surface area is 169 Å². The fraction of sp³-hybridized carbons (Fsp3) is 0.579. The van der Waals surface area contributed by atoms with Crippen molar-refractivity contribution in [3.8, 4) is 0 Å². The number of nitrogens with one attached hydrogen (secondary N) is 1. The molecule has 10 nitrogen and oxygen atoms in total. The molecule has 0 bridgehead atoms. The van der Waals surface area contributed by atoms with Gasteiger partial charge >= 0.3 is 6.09 Å². The average molecular weight is 408 g/mol. The first-order valence-corrected chi connectivity index (χ1v) is 9.41. The number of piperazine rings is 1. The summed E-state index contributed by atoms with van der Waals surface area (Å²) in [5.41, 5.74) is -0.181. The van der Waals surface area contributed by atoms with Gasteiger partial charge in [0, 0.05) is 51.5 Å². The smallest absolute Gasteiger partial charge is 0.410 e. The molecular formula is C19H28N4O6. The van der Waals surface area contributed by atoms with Crippen LogP contribution in [-0.4, -0.2) is 78.8 Å². The summed E-state index contributed by atoms with van der Waals surface area (Å²) < 4.78 is 10.3. The van der Waals surface area contributed by atoms with Crippen molar-refractivity contribution in [3.05, 3.63) is 33.9 Å². The van der Waals surface area contributed by atoms with Gasteiger partial charge in [-0.05, 0) is 32.9 Å². The lowest BCUT2D eigenvalue weighted by Gasteiger charge is -2.35. The van der Waals surface area contributed by atoms with Gasteiger partial charge in [-0.1, -0.05) is 0 Å². The lowest BCUT2D eigenvalue weighted by molar-refractivity contribution is -0.384. The molecule has 2 amide bonds. The predicted molar refractivity (Wildman–Crippen MR) is 107 cm³/mol. The zero-order chi connectivity index (χ0) is 21.6. The van der Waals surface area contributed by atoms with E-state index >= 15 is 0 Å². The van der Waals surface area contributed by atoms with Gasteiger partial charge in [-0.15, -0.1) is 0 Å². The molecule has 0 atom stereocenters. The Bertz CT molecular complexity index is 754. The summed E-state index contributed by atoms with van der Waals surface area (Å²) in [4.78, 5) is 38.9. The van der Waals surface area contributed by atoms with Gasteiger partial charge in [0.15, 0.2) is 0 Å². The van der Waals surface area contributed by atoms with Crippen LogP contribution in [-0.2, 0) is 9.47 Å². The fourth-order valence-corrected chi connectivity index (χ4v) is 2.85. The highest BCUT2D eigenvalue weighted by Gasteiger charge is 2.29. The lowest BCUT2D eigenvalue weighted by Crippen LogP contribution is -2.51. The van der Waals surface area contributed by atoms with E-state index in [9.17, 15) is 19.7 Å². The van der Waals surface area contributed by atoms with Crippen LogP contribution in [0.15, 0.2) is 18.2 Å². The molecule has 1 heterocycles. The summed E-state index contributed by atoms with van der Waals surface area (Å²) in [7, 11) is 1.54. The van der Waals surface area contributed by atoms with Crippen molar-refractivity contribution in [3.63, 3.8) is 0 Å². The zero-order valence-electron chi connectivity index (χ0n) is 17.3. The zero-order valence-corrected chi connectivity index (χ0v) is 17.3. The highest BCUT2D eigenvalue weighted by atomic mass is 16.6. The van der Waals surface area contributed by atoms with Crippen LogP contribution in [0.2, 0.25) is 0 Å². The van der Waals surface area contributed by atoms with E-state index in [0.717, 1.165) is 0 Å². The summed E-state index contributed by atoms with van der Waals surface area (Å²) in [6, 6.07) is 4.36. The van der Waals surface area contributed by atoms with E-state index in [1.165, 1.54) is 12.1 Å². The molecule has 0 aliphatic carbocycles. The lowest BCUT2D eigenvalue weighted by atomic mass is 10.1. The SMILES string of the molecule is COCCNc1ccc(C(=O)N2CCN(C(=O)OC(C)(C)C)CC2)cc1[N+](=O)[O-]. The molecule has 160 valence electrons. The Morgan fingerprint density at radius 1 is 1.17 bits per heavy atom. The quantitative estimate of drug-likeness (QED) is 0.436. The van der Waals surface area contributed by atoms with Crippen molar-refractivity contribution in [1.29, 1.82) is 0 Å². The minimum Gasteiger partial charge on any atom is -0.444 e. The van der Waals surface area contributed by atoms with Gasteiger partial charge in [-0.3, -0.25) is 14.9 Å². The first-order valence-electron chi connectivity index (χ1n) is 9.41. The molecule has 1 aromatic carbocycles. The van der Waals surface area contributed by atoms with Crippen molar-refractivity contribution in [1.82, 2.24) is 9.80 Å². The van der Waals surface area contributed by atoms with E-state index in [1.807, 2.05) is 0 Å². The largest absolute Gasteiger partial charge is 0.444 e. The number of anilines is 1. The van der Waals surface area contributed by atoms with Gasteiger partial charge < -0.3 is 24.6 Å². The maximum absolute atomic E-state index is 12.8. The van der Waals surface area contributed by atoms with E-state index in [2.05, 4.69) is 5.32 Å². The molecule has 1 fully saturated rings. The Hall–Kier alpha value is -2.88. The number of ether oxygens (including phenoxy) is 2. The number of hydrogen-bond acceptors (Lipinski definition) is 7. The molecule has 0 unspecified atom stereocenters. The molecule has 0 saturated carbocycles. The number of methoxy groups -OCH3 is 1. The second kappa shape index (κ2) is 9.55. The van der Waals surface area contributed by atoms with Crippen LogP contribution in [0.1, 0.15) is 31.1 Å². The first kappa shape index (κ1) is 22.4. The van der Waals surface area contributed by atoms with Gasteiger partial charge in [0.25, 0.3) is 11.6 Å². The van der Waals surface area contributed by atoms with E-state index in [4.69, 9.17) is 9.47 Å². The topological polar surface area (TPSA) is 114 Å². The molecule has 0 aromatic heterocycles. The highest BCUT2D eigenvalue weighted by molar-refractivity contribution is 5.96. The van der Waals surface area contributed by atoms with Crippen molar-refractivity contribution >= 4 is 23.4 Å². The standard InChI is InChI=1S/C19H28N4O6/c1-19(2,3)29-18(25)22-10-8-21(9-11-22)17(24)14-5-6-15(20-7-12-28-4)16(13-14)23(26)27/h5-6,13,20H,7-12H2,1-4H3. The van der Waals surface area contributed by atoms with E-state index < -0.39 is 16.6 Å². The maximum Gasteiger partial charge on any atom is 0.410 e. The number of nitrogens with zero attached hydrogens (tertiary/aromatic N) is 3. The van der Waals surface area contributed by atoms with Crippen molar-refractivity contribution < 1.29 is 24.0 Å². The number of carbonyl (C=O) groups is 2. The molecule has 10 heteroatoms. The second-order valence-electron chi connectivity index (χ2n) is 7.67. The third-order valence-electron chi connectivity index (χ3n) is 4.28. The third kappa shape index (κ3) is 6.31. The number of amides is 2. The van der Waals surface area contributed by atoms with Crippen LogP contribution >= 0.6 is 0 Å². The van der Waals surface area contributed by atoms with Crippen LogP contribution in [0.3, 0.4) is 0 Å². The summed E-state index contributed by atoms with van der Waals surface area (Å²) >= 11 is 0. The molecule has 1 aromatic rings. The Morgan fingerprint density at radius 3 is 2.34 bits per heavy atom. The molecule has 1 saturated heterocycles. The minimum atomic E-state index is -0.581. The number of nitro groups is 1. The van der Waals surface area contributed by atoms with Crippen molar-refractivity contribution in [2.24, 2.45) is 0 Å². The van der Waals surface area contributed by atoms with Crippen LogP contribution in [0.5, 0.6) is 0 Å². The Morgan fingerprint density at radius 2 is 1.79 bits per heavy atom. The van der Waals surface area contributed by atoms with Gasteiger partial charge in [-0.25, -0.2) is 4.79 Å². The van der Waals surface area contributed by atoms with Gasteiger partial charge in [0.1, 0.15) is 11.3 Å². The third-order valence-corrected chi connectivity index (χ3v) is 4.28. The number of hydrogen-bond donors (Lipinski definition) is 1. The summed E-state index contributed by atoms with van der Waals surface area (Å²) in [6.07, 6.45) is -0.410. The minimum absolute atomic E-state index is 0.167. The van der Waals surface area contributed by atoms with E-state index in [-0.39, 0.29) is 17.2 Å². The predicted octanol–water partition coefficient (Wildman–Crippen LogP) is 2.35. The molecular weight excluding hydrogens is 380 g/mol. The van der Waals surface area contributed by atoms with Crippen molar-refractivity contribution in [2.75, 3.05) is 51.8 Å². The summed E-state index contributed by atoms with van der Waals surface area (Å²) in [5.74, 6) is -0.305. The fourth-order valence-electron chi connectivity index (χ4n) is 2.85. The molecule has 0 spiro atoms. The molecule has 2 rings (SSSR count). The number of nitro benzene ring substituents is 1. The van der Waals surface area contributed by atoms with Crippen LogP contribution < -0.4 is 5.32 Å². The average Bonchev–Trinajstić information content (AvgIpc) is 2.66. The summed E-state index contributed by atoms with van der Waals surface area (Å²) in [5, 5.41) is 14.3. The van der Waals surface area contributed by atoms with Crippen molar-refractivity contribution in [2.45, 2.75) is 26.4 Å². The molecule has 1 N–H and O–H groups in total. The first-order chi connectivity index (χ1) is 13.6. The van der Waals surface area contributed by atoms with Crippen LogP contribution in [0, 0.1) is 10.1 Å². The molecule has 29 heavy (non-hydrogen) atoms. The number of carbonyl (C=O) groups excluding carboxylic acids is 2. The van der Waals surface area contributed by atoms with Gasteiger partial charge in [0.05, 0.1) is 11.5 Å². The second-order valence-corrected chi connectivity index (χ2v) is 7.67. The Kier molecular flexibility index (Phi) is 7.38. The Balaban J connectivity index is 2.03. The monoisotopic (exact) mass is 408 g/mol. The molecule has 1 aliphatic heterocycles. The normalized spacial score (nSPS) is 14.5. The maximum atomic E-state index is 12.8. The van der Waals surface area contributed by atoms with Gasteiger partial charge in [0.2, 0.25) is 0 Å². The van der Waals surface area contributed by atoms with Gasteiger partial charge in [-0.2, -0.15) is 0 Å². The molecule has 0 radical (unpaired) electrons. The number of benzene rings is 1. The van der Waals surface area contributed by atoms with E-state index in [1.54, 1.807) is 43.7 Å². The number of rotatable bonds is 6. The van der Waals surface area contributed by atoms with Crippen LogP contribution in [0.25, 0.3) is 0 Å². The van der Waals surface area contributed by atoms with Crippen LogP contribution in [0.4, 0.5) is 16.2 Å². The van der Waals surface area contributed by atoms with E-state index in [0.29, 0.717) is 45.0 Å². The molecule has 1 aliphatic rings. The summed E-state index contributed by atoms with van der Waals surface area (Å²) in [6.45, 7) is 7.57. The highest BCUT2D eigenvalue weighted by Crippen LogP contribution is 2.26.